The van der Waals surface area contributed by atoms with Crippen molar-refractivity contribution >= 4 is 6.29 Å². The minimum Gasteiger partial charge on any atom is -0.323 e. The van der Waals surface area contributed by atoms with Gasteiger partial charge in [0, 0.05) is 12.7 Å². The van der Waals surface area contributed by atoms with E-state index in [0.717, 1.165) is 12.0 Å². The molecule has 50 valence electrons. The van der Waals surface area contributed by atoms with Gasteiger partial charge in [-0.25, -0.2) is 5.01 Å². The fraction of sp³-hybridized carbons (Fsp3) is 0.500. The molecule has 0 fully saturated rings. The lowest BCUT2D eigenvalue weighted by Crippen LogP contribution is -2.35. The number of nitrogens with zero attached hydrogens (tertiary/aromatic N) is 1. The zero-order valence-electron chi connectivity index (χ0n) is 5.59. The topological polar surface area (TPSA) is 32.3 Å². The Morgan fingerprint density at radius 1 is 1.89 bits per heavy atom. The van der Waals surface area contributed by atoms with Crippen molar-refractivity contribution in [2.24, 2.45) is 0 Å². The normalized spacial score (nSPS) is 27.3. The Morgan fingerprint density at radius 3 is 2.78 bits per heavy atom. The first kappa shape index (κ1) is 6.29. The highest BCUT2D eigenvalue weighted by molar-refractivity contribution is 5.61. The molecular weight excluding hydrogens is 116 g/mol. The van der Waals surface area contributed by atoms with Crippen LogP contribution >= 0.6 is 0 Å². The summed E-state index contributed by atoms with van der Waals surface area (Å²) >= 11 is 0. The van der Waals surface area contributed by atoms with Crippen LogP contribution in [0.5, 0.6) is 0 Å². The van der Waals surface area contributed by atoms with Crippen molar-refractivity contribution in [1.82, 2.24) is 10.4 Å². The number of aldehydes is 1. The zero-order chi connectivity index (χ0) is 6.85. The van der Waals surface area contributed by atoms with Crippen molar-refractivity contribution in [2.75, 3.05) is 7.05 Å². The van der Waals surface area contributed by atoms with Crippen LogP contribution in [0.3, 0.4) is 0 Å². The summed E-state index contributed by atoms with van der Waals surface area (Å²) in [6.45, 7) is 1.93. The summed E-state index contributed by atoms with van der Waals surface area (Å²) in [7, 11) is 1.84. The molecule has 3 nitrogen and oxygen atoms in total. The second kappa shape index (κ2) is 2.19. The highest BCUT2D eigenvalue weighted by atomic mass is 16.1. The highest BCUT2D eigenvalue weighted by Gasteiger charge is 2.16. The number of nitrogens with one attached hydrogen (secondary N) is 1. The lowest BCUT2D eigenvalue weighted by Gasteiger charge is -2.13. The van der Waals surface area contributed by atoms with Crippen molar-refractivity contribution in [3.05, 3.63) is 11.8 Å². The van der Waals surface area contributed by atoms with E-state index >= 15 is 0 Å². The van der Waals surface area contributed by atoms with E-state index in [0.29, 0.717) is 0 Å². The van der Waals surface area contributed by atoms with E-state index < -0.39 is 0 Å². The maximum absolute atomic E-state index is 10.2. The number of hydrogen-bond acceptors (Lipinski definition) is 3. The Balaban J connectivity index is 2.63. The summed E-state index contributed by atoms with van der Waals surface area (Å²) in [5.41, 5.74) is 4.02. The molecule has 1 atom stereocenters. The van der Waals surface area contributed by atoms with E-state index in [4.69, 9.17) is 0 Å². The van der Waals surface area contributed by atoms with Gasteiger partial charge in [0.05, 0.1) is 0 Å². The smallest absolute Gasteiger partial charge is 0.142 e. The lowest BCUT2D eigenvalue weighted by molar-refractivity contribution is -0.110. The van der Waals surface area contributed by atoms with Gasteiger partial charge >= 0.3 is 0 Å². The fourth-order valence-electron chi connectivity index (χ4n) is 0.888. The largest absolute Gasteiger partial charge is 0.323 e. The molecule has 0 saturated carbocycles. The van der Waals surface area contributed by atoms with E-state index in [9.17, 15) is 4.79 Å². The van der Waals surface area contributed by atoms with Crippen LogP contribution in [0.1, 0.15) is 6.92 Å². The van der Waals surface area contributed by atoms with Crippen molar-refractivity contribution in [1.29, 1.82) is 0 Å². The average molecular weight is 126 g/mol. The van der Waals surface area contributed by atoms with Crippen molar-refractivity contribution in [2.45, 2.75) is 13.0 Å². The second-order valence-electron chi connectivity index (χ2n) is 2.20. The molecule has 0 radical (unpaired) electrons. The number of likely N-dealkylation sites (N-methyl/N-ethyl adjacent to an activating group) is 1. The number of hydrazine groups is 1. The van der Waals surface area contributed by atoms with Crippen LogP contribution in [-0.2, 0) is 4.79 Å². The van der Waals surface area contributed by atoms with Crippen LogP contribution in [0, 0.1) is 0 Å². The first-order valence-corrected chi connectivity index (χ1v) is 2.87. The third-order valence-electron chi connectivity index (χ3n) is 1.36. The van der Waals surface area contributed by atoms with Crippen LogP contribution in [0.2, 0.25) is 0 Å². The number of carbonyl (C=O) groups is 1. The molecule has 0 saturated heterocycles. The molecule has 0 aromatic carbocycles. The Labute approximate surface area is 54.3 Å². The summed E-state index contributed by atoms with van der Waals surface area (Å²) in [5.74, 6) is 0. The van der Waals surface area contributed by atoms with E-state index in [-0.39, 0.29) is 6.04 Å². The van der Waals surface area contributed by atoms with Gasteiger partial charge in [0.15, 0.2) is 0 Å². The number of carbonyl (C=O) groups excluding carboxylic acids is 1. The SMILES string of the molecule is CC1=CC(C=O)N(C)N1. The molecule has 0 aromatic heterocycles. The number of rotatable bonds is 1. The van der Waals surface area contributed by atoms with Gasteiger partial charge in [-0.3, -0.25) is 0 Å². The molecule has 0 aromatic rings. The molecule has 9 heavy (non-hydrogen) atoms. The quantitative estimate of drug-likeness (QED) is 0.498. The third-order valence-corrected chi connectivity index (χ3v) is 1.36. The first-order chi connectivity index (χ1) is 4.24. The molecule has 1 heterocycles. The standard InChI is InChI=1S/C6H10N2O/c1-5-3-6(4-9)8(2)7-5/h3-4,6-7H,1-2H3. The fourth-order valence-corrected chi connectivity index (χ4v) is 0.888. The van der Waals surface area contributed by atoms with Crippen molar-refractivity contribution in [3.8, 4) is 0 Å². The molecule has 1 rings (SSSR count). The minimum atomic E-state index is -0.0787. The van der Waals surface area contributed by atoms with Crippen LogP contribution < -0.4 is 5.43 Å². The summed E-state index contributed by atoms with van der Waals surface area (Å²) in [6, 6.07) is -0.0787. The zero-order valence-corrected chi connectivity index (χ0v) is 5.59. The molecule has 1 unspecified atom stereocenters. The molecule has 0 amide bonds. The molecule has 0 aliphatic carbocycles. The minimum absolute atomic E-state index is 0.0787. The van der Waals surface area contributed by atoms with Gasteiger partial charge in [-0.1, -0.05) is 0 Å². The highest BCUT2D eigenvalue weighted by Crippen LogP contribution is 2.04. The van der Waals surface area contributed by atoms with Crippen LogP contribution in [0.25, 0.3) is 0 Å². The van der Waals surface area contributed by atoms with E-state index in [1.165, 1.54) is 0 Å². The van der Waals surface area contributed by atoms with E-state index in [1.54, 1.807) is 5.01 Å². The summed E-state index contributed by atoms with van der Waals surface area (Å²) in [5, 5.41) is 1.77. The Morgan fingerprint density at radius 2 is 2.56 bits per heavy atom. The van der Waals surface area contributed by atoms with Crippen LogP contribution in [0.4, 0.5) is 0 Å². The van der Waals surface area contributed by atoms with Gasteiger partial charge in [0.2, 0.25) is 0 Å². The van der Waals surface area contributed by atoms with Gasteiger partial charge < -0.3 is 10.2 Å². The number of hydrogen-bond donors (Lipinski definition) is 1. The van der Waals surface area contributed by atoms with Gasteiger partial charge in [-0.05, 0) is 13.0 Å². The third kappa shape index (κ3) is 1.10. The molecule has 3 heteroatoms. The van der Waals surface area contributed by atoms with E-state index in [1.807, 2.05) is 20.0 Å². The molecule has 1 aliphatic rings. The summed E-state index contributed by atoms with van der Waals surface area (Å²) in [4.78, 5) is 10.2. The predicted octanol–water partition coefficient (Wildman–Crippen LogP) is -0.0923. The van der Waals surface area contributed by atoms with E-state index in [2.05, 4.69) is 5.43 Å². The maximum atomic E-state index is 10.2. The number of allylic oxidation sites excluding steroid dienone is 1. The molecule has 0 bridgehead atoms. The maximum Gasteiger partial charge on any atom is 0.142 e. The lowest BCUT2D eigenvalue weighted by atomic mass is 10.3. The summed E-state index contributed by atoms with van der Waals surface area (Å²) in [6.07, 6.45) is 2.79. The Kier molecular flexibility index (Phi) is 1.53. The molecule has 1 N–H and O–H groups in total. The van der Waals surface area contributed by atoms with Crippen LogP contribution in [0.15, 0.2) is 11.8 Å². The van der Waals surface area contributed by atoms with Gasteiger partial charge in [-0.2, -0.15) is 0 Å². The van der Waals surface area contributed by atoms with Crippen molar-refractivity contribution in [3.63, 3.8) is 0 Å². The molecular formula is C6H10N2O. The average Bonchev–Trinajstić information content (AvgIpc) is 2.10. The van der Waals surface area contributed by atoms with Gasteiger partial charge in [-0.15, -0.1) is 0 Å². The predicted molar refractivity (Wildman–Crippen MR) is 34.5 cm³/mol. The molecule has 1 aliphatic heterocycles. The molecule has 0 spiro atoms. The monoisotopic (exact) mass is 126 g/mol. The van der Waals surface area contributed by atoms with Gasteiger partial charge in [0.1, 0.15) is 12.3 Å². The van der Waals surface area contributed by atoms with Crippen molar-refractivity contribution < 1.29 is 4.79 Å². The first-order valence-electron chi connectivity index (χ1n) is 2.87. The Bertz CT molecular complexity index is 153. The second-order valence-corrected chi connectivity index (χ2v) is 2.20. The van der Waals surface area contributed by atoms with Crippen LogP contribution in [-0.4, -0.2) is 24.4 Å². The Hall–Kier alpha value is -0.830. The van der Waals surface area contributed by atoms with Gasteiger partial charge in [0.25, 0.3) is 0 Å². The summed E-state index contributed by atoms with van der Waals surface area (Å²) < 4.78 is 0.